The summed E-state index contributed by atoms with van der Waals surface area (Å²) in [6.45, 7) is 0. The molecule has 13 heavy (non-hydrogen) atoms. The molecule has 0 spiro atoms. The Labute approximate surface area is 75.3 Å². The molecule has 6 heteroatoms. The van der Waals surface area contributed by atoms with Crippen LogP contribution in [0.25, 0.3) is 0 Å². The first-order valence-corrected chi connectivity index (χ1v) is 4.83. The van der Waals surface area contributed by atoms with Gasteiger partial charge in [0, 0.05) is 0 Å². The van der Waals surface area contributed by atoms with E-state index in [1.807, 2.05) is 0 Å². The van der Waals surface area contributed by atoms with Gasteiger partial charge in [0.15, 0.2) is 0 Å². The Morgan fingerprint density at radius 1 is 1.08 bits per heavy atom. The van der Waals surface area contributed by atoms with Gasteiger partial charge in [-0.2, -0.15) is 0 Å². The summed E-state index contributed by atoms with van der Waals surface area (Å²) in [5, 5.41) is 0. The van der Waals surface area contributed by atoms with Crippen LogP contribution in [-0.2, 0) is 9.84 Å². The number of rotatable bonds is 0. The number of hydrogen-bond acceptors (Lipinski definition) is 3. The van der Waals surface area contributed by atoms with Crippen molar-refractivity contribution in [1.82, 2.24) is 0 Å². The molecule has 0 bridgehead atoms. The highest BCUT2D eigenvalue weighted by Gasteiger charge is 2.37. The van der Waals surface area contributed by atoms with E-state index in [-0.39, 0.29) is 0 Å². The lowest BCUT2D eigenvalue weighted by molar-refractivity contribution is 0.256. The molecule has 0 atom stereocenters. The van der Waals surface area contributed by atoms with Crippen molar-refractivity contribution in [2.45, 2.75) is 9.79 Å². The second-order valence-corrected chi connectivity index (χ2v) is 4.24. The van der Waals surface area contributed by atoms with E-state index in [2.05, 4.69) is 11.5 Å². The zero-order chi connectivity index (χ0) is 10.1. The van der Waals surface area contributed by atoms with Crippen LogP contribution in [-0.4, -0.2) is 14.4 Å². The number of benzene rings is 1. The molecule has 5 nitrogen and oxygen atoms in total. The van der Waals surface area contributed by atoms with Crippen LogP contribution in [0.1, 0.15) is 0 Å². The molecule has 0 radical (unpaired) electrons. The highest BCUT2D eigenvalue weighted by Crippen LogP contribution is 2.38. The Balaban J connectivity index is 0.000000184. The second kappa shape index (κ2) is 3.06. The Bertz CT molecular complexity index is 406. The molecule has 0 saturated carbocycles. The minimum Gasteiger partial charge on any atom is -0.352 e. The molecule has 2 amide bonds. The normalized spacial score (nSPS) is 14.8. The van der Waals surface area contributed by atoms with Crippen molar-refractivity contribution in [2.24, 2.45) is 11.5 Å². The van der Waals surface area contributed by atoms with Crippen molar-refractivity contribution in [2.75, 3.05) is 0 Å². The zero-order valence-electron chi connectivity index (χ0n) is 6.60. The molecular weight excluding hydrogens is 192 g/mol. The number of carbonyl (C=O) groups is 1. The minimum absolute atomic E-state index is 0.491. The fourth-order valence-corrected chi connectivity index (χ4v) is 2.15. The summed E-state index contributed by atoms with van der Waals surface area (Å²) in [4.78, 5) is 9.98. The van der Waals surface area contributed by atoms with Crippen LogP contribution in [0.4, 0.5) is 4.79 Å². The number of urea groups is 1. The fourth-order valence-electron chi connectivity index (χ4n) is 0.853. The molecule has 1 heterocycles. The van der Waals surface area contributed by atoms with Crippen molar-refractivity contribution < 1.29 is 13.2 Å². The maximum Gasteiger partial charge on any atom is 0.309 e. The van der Waals surface area contributed by atoms with Gasteiger partial charge in [0.05, 0.1) is 9.79 Å². The maximum absolute atomic E-state index is 10.7. The number of amides is 2. The second-order valence-electron chi connectivity index (χ2n) is 2.35. The Hall–Kier alpha value is -1.56. The quantitative estimate of drug-likeness (QED) is 0.578. The topological polar surface area (TPSA) is 103 Å². The van der Waals surface area contributed by atoms with Crippen molar-refractivity contribution in [1.29, 1.82) is 0 Å². The lowest BCUT2D eigenvalue weighted by atomic mass is 10.4. The number of nitrogens with two attached hydrogens (primary N) is 2. The van der Waals surface area contributed by atoms with Crippen LogP contribution in [0.3, 0.4) is 0 Å². The summed E-state index contributed by atoms with van der Waals surface area (Å²) in [5.41, 5.74) is 8.50. The average molecular weight is 200 g/mol. The molecule has 2 rings (SSSR count). The van der Waals surface area contributed by atoms with Gasteiger partial charge in [-0.15, -0.1) is 0 Å². The lowest BCUT2D eigenvalue weighted by Gasteiger charge is -1.64. The predicted molar refractivity (Wildman–Crippen MR) is 45.7 cm³/mol. The molecule has 70 valence electrons. The molecule has 1 aromatic carbocycles. The van der Waals surface area contributed by atoms with Crippen LogP contribution in [0, 0.1) is 0 Å². The lowest BCUT2D eigenvalue weighted by Crippen LogP contribution is -2.18. The summed E-state index contributed by atoms with van der Waals surface area (Å²) < 4.78 is 21.5. The third-order valence-corrected chi connectivity index (χ3v) is 3.05. The maximum atomic E-state index is 10.7. The van der Waals surface area contributed by atoms with Gasteiger partial charge in [-0.25, -0.2) is 13.2 Å². The third kappa shape index (κ3) is 1.97. The first-order valence-electron chi connectivity index (χ1n) is 3.35. The summed E-state index contributed by atoms with van der Waals surface area (Å²) >= 11 is 0. The summed E-state index contributed by atoms with van der Waals surface area (Å²) in [6, 6.07) is 5.85. The standard InChI is InChI=1S/C6H4O2S.CH4N2O/c7-9(8)5-3-1-2-4-6(5)9;2-1(3)4/h1-4H;(H4,2,3,4). The average Bonchev–Trinajstić information content (AvgIpc) is 2.55. The number of fused-ring (bicyclic) bond motifs is 1. The van der Waals surface area contributed by atoms with Gasteiger partial charge in [-0.3, -0.25) is 0 Å². The van der Waals surface area contributed by atoms with Gasteiger partial charge in [-0.1, -0.05) is 12.1 Å². The number of sulfone groups is 1. The Morgan fingerprint density at radius 2 is 1.38 bits per heavy atom. The van der Waals surface area contributed by atoms with Crippen LogP contribution >= 0.6 is 0 Å². The first kappa shape index (κ1) is 9.53. The number of hydrogen-bond donors (Lipinski definition) is 2. The molecule has 4 N–H and O–H groups in total. The molecule has 1 aromatic rings. The molecule has 0 aromatic heterocycles. The molecular formula is C7H8N2O3S. The van der Waals surface area contributed by atoms with E-state index >= 15 is 0 Å². The molecule has 1 aliphatic heterocycles. The van der Waals surface area contributed by atoms with E-state index in [1.165, 1.54) is 0 Å². The zero-order valence-corrected chi connectivity index (χ0v) is 7.41. The monoisotopic (exact) mass is 200 g/mol. The van der Waals surface area contributed by atoms with Crippen LogP contribution < -0.4 is 11.5 Å². The van der Waals surface area contributed by atoms with Crippen LogP contribution in [0.5, 0.6) is 0 Å². The Kier molecular flexibility index (Phi) is 2.24. The number of carbonyl (C=O) groups excluding carboxylic acids is 1. The molecule has 0 aliphatic carbocycles. The van der Waals surface area contributed by atoms with E-state index < -0.39 is 15.9 Å². The first-order chi connectivity index (χ1) is 5.96. The summed E-state index contributed by atoms with van der Waals surface area (Å²) in [6.07, 6.45) is 0. The summed E-state index contributed by atoms with van der Waals surface area (Å²) in [5.74, 6) is 0. The minimum atomic E-state index is -2.88. The number of primary amides is 2. The Morgan fingerprint density at radius 3 is 1.62 bits per heavy atom. The van der Waals surface area contributed by atoms with Crippen molar-refractivity contribution in [3.8, 4) is 0 Å². The third-order valence-electron chi connectivity index (χ3n) is 1.39. The van der Waals surface area contributed by atoms with Crippen LogP contribution in [0.2, 0.25) is 0 Å². The SMILES string of the molecule is NC(N)=O.O=S1(=O)c2ccccc21. The van der Waals surface area contributed by atoms with Crippen molar-refractivity contribution in [3.63, 3.8) is 0 Å². The van der Waals surface area contributed by atoms with E-state index in [9.17, 15) is 8.42 Å². The van der Waals surface area contributed by atoms with E-state index in [4.69, 9.17) is 4.79 Å². The molecule has 0 saturated heterocycles. The highest BCUT2D eigenvalue weighted by atomic mass is 32.2. The predicted octanol–water partition coefficient (Wildman–Crippen LogP) is -0.143. The van der Waals surface area contributed by atoms with Gasteiger partial charge in [-0.05, 0) is 12.1 Å². The van der Waals surface area contributed by atoms with Gasteiger partial charge < -0.3 is 11.5 Å². The molecule has 1 aliphatic rings. The molecule has 0 fully saturated rings. The van der Waals surface area contributed by atoms with E-state index in [0.717, 1.165) is 0 Å². The fraction of sp³-hybridized carbons (Fsp3) is 0. The van der Waals surface area contributed by atoms with E-state index in [0.29, 0.717) is 9.79 Å². The van der Waals surface area contributed by atoms with Gasteiger partial charge >= 0.3 is 6.03 Å². The van der Waals surface area contributed by atoms with Crippen molar-refractivity contribution in [3.05, 3.63) is 24.3 Å². The highest BCUT2D eigenvalue weighted by molar-refractivity contribution is 7.97. The van der Waals surface area contributed by atoms with Gasteiger partial charge in [0.2, 0.25) is 9.84 Å². The van der Waals surface area contributed by atoms with Crippen LogP contribution in [0.15, 0.2) is 34.1 Å². The van der Waals surface area contributed by atoms with Crippen molar-refractivity contribution >= 4 is 15.9 Å². The van der Waals surface area contributed by atoms with E-state index in [1.54, 1.807) is 24.3 Å². The van der Waals surface area contributed by atoms with Gasteiger partial charge in [0.25, 0.3) is 0 Å². The largest absolute Gasteiger partial charge is 0.352 e. The molecule has 0 unspecified atom stereocenters. The summed E-state index contributed by atoms with van der Waals surface area (Å²) in [7, 11) is -2.88. The smallest absolute Gasteiger partial charge is 0.309 e. The van der Waals surface area contributed by atoms with Gasteiger partial charge in [0.1, 0.15) is 0 Å².